The number of allylic oxidation sites excluding steroid dienone is 2. The molecule has 0 atom stereocenters. The Balaban J connectivity index is 2.03. The zero-order valence-corrected chi connectivity index (χ0v) is 10.4. The van der Waals surface area contributed by atoms with Crippen LogP contribution < -0.4 is 0 Å². The van der Waals surface area contributed by atoms with E-state index in [9.17, 15) is 0 Å². The first-order chi connectivity index (χ1) is 6.84. The Kier molecular flexibility index (Phi) is 3.71. The maximum atomic E-state index is 3.45. The monoisotopic (exact) mass is 268 g/mol. The molecule has 0 radical (unpaired) electrons. The van der Waals surface area contributed by atoms with Crippen LogP contribution in [0.1, 0.15) is 25.7 Å². The summed E-state index contributed by atoms with van der Waals surface area (Å²) in [6.45, 7) is 0. The van der Waals surface area contributed by atoms with Gasteiger partial charge in [-0.05, 0) is 54.9 Å². The molecule has 14 heavy (non-hydrogen) atoms. The lowest BCUT2D eigenvalue weighted by Crippen LogP contribution is -1.87. The van der Waals surface area contributed by atoms with E-state index in [2.05, 4.69) is 46.3 Å². The van der Waals surface area contributed by atoms with Crippen molar-refractivity contribution in [3.05, 3.63) is 39.7 Å². The minimum absolute atomic E-state index is 1.15. The van der Waals surface area contributed by atoms with E-state index in [0.717, 1.165) is 4.47 Å². The topological polar surface area (TPSA) is 0 Å². The lowest BCUT2D eigenvalue weighted by atomic mass is 10.1. The van der Waals surface area contributed by atoms with Crippen molar-refractivity contribution in [1.82, 2.24) is 0 Å². The fraction of sp³-hybridized carbons (Fsp3) is 0.333. The summed E-state index contributed by atoms with van der Waals surface area (Å²) in [4.78, 5) is 2.89. The highest BCUT2D eigenvalue weighted by Crippen LogP contribution is 2.33. The van der Waals surface area contributed by atoms with Gasteiger partial charge in [0.2, 0.25) is 0 Å². The third kappa shape index (κ3) is 2.89. The van der Waals surface area contributed by atoms with Gasteiger partial charge >= 0.3 is 0 Å². The molecular formula is C12H13BrS. The number of benzene rings is 1. The quantitative estimate of drug-likeness (QED) is 0.728. The predicted octanol–water partition coefficient (Wildman–Crippen LogP) is 5.00. The summed E-state index contributed by atoms with van der Waals surface area (Å²) >= 11 is 5.36. The van der Waals surface area contributed by atoms with Crippen molar-refractivity contribution in [2.75, 3.05) is 0 Å². The molecule has 0 aliphatic heterocycles. The fourth-order valence-corrected chi connectivity index (χ4v) is 2.84. The van der Waals surface area contributed by atoms with Gasteiger partial charge < -0.3 is 0 Å². The second-order valence-corrected chi connectivity index (χ2v) is 5.59. The van der Waals surface area contributed by atoms with Gasteiger partial charge in [0, 0.05) is 9.37 Å². The maximum Gasteiger partial charge on any atom is 0.0176 e. The molecule has 74 valence electrons. The summed E-state index contributed by atoms with van der Waals surface area (Å²) in [5, 5.41) is 0. The molecule has 0 saturated heterocycles. The molecule has 0 bridgehead atoms. The lowest BCUT2D eigenvalue weighted by molar-refractivity contribution is 0.723. The van der Waals surface area contributed by atoms with E-state index in [0.29, 0.717) is 0 Å². The lowest BCUT2D eigenvalue weighted by Gasteiger charge is -2.11. The standard InChI is InChI=1S/C12H13BrS/c13-10-6-8-12(9-7-10)14-11-4-2-1-3-5-11/h4,6-9H,1-3,5H2. The number of hydrogen-bond donors (Lipinski definition) is 0. The normalized spacial score (nSPS) is 16.5. The second-order valence-electron chi connectivity index (χ2n) is 3.47. The third-order valence-electron chi connectivity index (χ3n) is 2.31. The summed E-state index contributed by atoms with van der Waals surface area (Å²) in [6.07, 6.45) is 7.63. The minimum atomic E-state index is 1.15. The van der Waals surface area contributed by atoms with Crippen molar-refractivity contribution in [3.63, 3.8) is 0 Å². The van der Waals surface area contributed by atoms with Crippen molar-refractivity contribution in [3.8, 4) is 0 Å². The molecule has 0 nitrogen and oxygen atoms in total. The molecular weight excluding hydrogens is 256 g/mol. The van der Waals surface area contributed by atoms with E-state index in [4.69, 9.17) is 0 Å². The number of hydrogen-bond acceptors (Lipinski definition) is 1. The van der Waals surface area contributed by atoms with Crippen LogP contribution in [0.5, 0.6) is 0 Å². The van der Waals surface area contributed by atoms with E-state index in [-0.39, 0.29) is 0 Å². The van der Waals surface area contributed by atoms with Crippen molar-refractivity contribution >= 4 is 27.7 Å². The van der Waals surface area contributed by atoms with Crippen molar-refractivity contribution in [1.29, 1.82) is 0 Å². The van der Waals surface area contributed by atoms with Gasteiger partial charge in [-0.2, -0.15) is 0 Å². The van der Waals surface area contributed by atoms with E-state index < -0.39 is 0 Å². The Morgan fingerprint density at radius 1 is 1.07 bits per heavy atom. The molecule has 1 aliphatic rings. The molecule has 0 amide bonds. The van der Waals surface area contributed by atoms with Crippen molar-refractivity contribution in [2.45, 2.75) is 30.6 Å². The highest BCUT2D eigenvalue weighted by atomic mass is 79.9. The highest BCUT2D eigenvalue weighted by Gasteiger charge is 2.04. The van der Waals surface area contributed by atoms with Gasteiger partial charge in [0.25, 0.3) is 0 Å². The van der Waals surface area contributed by atoms with Crippen LogP contribution in [0.2, 0.25) is 0 Å². The van der Waals surface area contributed by atoms with Crippen LogP contribution in [0, 0.1) is 0 Å². The Bertz CT molecular complexity index is 327. The van der Waals surface area contributed by atoms with E-state index in [1.54, 1.807) is 4.91 Å². The third-order valence-corrected chi connectivity index (χ3v) is 3.98. The molecule has 1 aromatic rings. The van der Waals surface area contributed by atoms with Gasteiger partial charge in [-0.15, -0.1) is 0 Å². The molecule has 0 heterocycles. The van der Waals surface area contributed by atoms with E-state index in [1.807, 2.05) is 11.8 Å². The van der Waals surface area contributed by atoms with Crippen molar-refractivity contribution in [2.24, 2.45) is 0 Å². The molecule has 1 aromatic carbocycles. The van der Waals surface area contributed by atoms with Crippen LogP contribution in [-0.4, -0.2) is 0 Å². The minimum Gasteiger partial charge on any atom is -0.0949 e. The molecule has 0 saturated carbocycles. The maximum absolute atomic E-state index is 3.45. The number of thioether (sulfide) groups is 1. The summed E-state index contributed by atoms with van der Waals surface area (Å²) < 4.78 is 1.15. The van der Waals surface area contributed by atoms with E-state index in [1.165, 1.54) is 30.6 Å². The van der Waals surface area contributed by atoms with Gasteiger partial charge in [0.1, 0.15) is 0 Å². The van der Waals surface area contributed by atoms with Crippen LogP contribution in [-0.2, 0) is 0 Å². The summed E-state index contributed by atoms with van der Waals surface area (Å²) in [5.41, 5.74) is 0. The Hall–Kier alpha value is -0.210. The smallest absolute Gasteiger partial charge is 0.0176 e. The van der Waals surface area contributed by atoms with Crippen LogP contribution in [0.15, 0.2) is 44.6 Å². The van der Waals surface area contributed by atoms with Gasteiger partial charge in [-0.25, -0.2) is 0 Å². The summed E-state index contributed by atoms with van der Waals surface area (Å²) in [6, 6.07) is 8.55. The molecule has 0 aromatic heterocycles. The van der Waals surface area contributed by atoms with Crippen molar-refractivity contribution < 1.29 is 0 Å². The van der Waals surface area contributed by atoms with Crippen LogP contribution in [0.3, 0.4) is 0 Å². The summed E-state index contributed by atoms with van der Waals surface area (Å²) in [5.74, 6) is 0. The first-order valence-electron chi connectivity index (χ1n) is 4.97. The zero-order valence-electron chi connectivity index (χ0n) is 8.00. The summed E-state index contributed by atoms with van der Waals surface area (Å²) in [7, 11) is 0. The highest BCUT2D eigenvalue weighted by molar-refractivity contribution is 9.10. The molecule has 0 N–H and O–H groups in total. The number of halogens is 1. The Morgan fingerprint density at radius 3 is 2.50 bits per heavy atom. The molecule has 0 fully saturated rings. The zero-order chi connectivity index (χ0) is 9.80. The second kappa shape index (κ2) is 5.04. The average molecular weight is 269 g/mol. The van der Waals surface area contributed by atoms with Gasteiger partial charge in [-0.3, -0.25) is 0 Å². The largest absolute Gasteiger partial charge is 0.0949 e. The SMILES string of the molecule is Brc1ccc(SC2=CCCCC2)cc1. The van der Waals surface area contributed by atoms with Gasteiger partial charge in [0.15, 0.2) is 0 Å². The molecule has 2 heteroatoms. The first kappa shape index (κ1) is 10.3. The van der Waals surface area contributed by atoms with Gasteiger partial charge in [-0.1, -0.05) is 33.8 Å². The molecule has 0 unspecified atom stereocenters. The van der Waals surface area contributed by atoms with Crippen LogP contribution in [0.4, 0.5) is 0 Å². The Morgan fingerprint density at radius 2 is 1.86 bits per heavy atom. The first-order valence-corrected chi connectivity index (χ1v) is 6.58. The molecule has 1 aliphatic carbocycles. The average Bonchev–Trinajstić information content (AvgIpc) is 2.23. The molecule has 2 rings (SSSR count). The van der Waals surface area contributed by atoms with Crippen LogP contribution in [0.25, 0.3) is 0 Å². The fourth-order valence-electron chi connectivity index (χ4n) is 1.56. The van der Waals surface area contributed by atoms with Crippen LogP contribution >= 0.6 is 27.7 Å². The molecule has 0 spiro atoms. The number of rotatable bonds is 2. The Labute approximate surface area is 97.9 Å². The predicted molar refractivity (Wildman–Crippen MR) is 66.6 cm³/mol. The van der Waals surface area contributed by atoms with Gasteiger partial charge in [0.05, 0.1) is 0 Å². The van der Waals surface area contributed by atoms with E-state index >= 15 is 0 Å².